The van der Waals surface area contributed by atoms with E-state index in [0.717, 1.165) is 11.8 Å². The van der Waals surface area contributed by atoms with Crippen LogP contribution in [-0.4, -0.2) is 25.5 Å². The number of carbonyl (C=O) groups excluding carboxylic acids is 1. The molecule has 0 saturated carbocycles. The van der Waals surface area contributed by atoms with Crippen LogP contribution >= 0.6 is 0 Å². The number of anilines is 1. The van der Waals surface area contributed by atoms with Gasteiger partial charge in [-0.1, -0.05) is 6.92 Å². The zero-order valence-electron chi connectivity index (χ0n) is 14.0. The molecule has 0 aromatic carbocycles. The lowest BCUT2D eigenvalue weighted by molar-refractivity contribution is -0.141. The number of hydrogen-bond acceptors (Lipinski definition) is 3. The number of carbonyl (C=O) groups is 1. The number of aromatic nitrogens is 4. The predicted octanol–water partition coefficient (Wildman–Crippen LogP) is 3.01. The van der Waals surface area contributed by atoms with Crippen molar-refractivity contribution in [1.82, 2.24) is 19.6 Å². The van der Waals surface area contributed by atoms with E-state index < -0.39 is 17.8 Å². The van der Waals surface area contributed by atoms with E-state index in [2.05, 4.69) is 15.5 Å². The zero-order valence-corrected chi connectivity index (χ0v) is 14.0. The lowest BCUT2D eigenvalue weighted by Crippen LogP contribution is -2.25. The van der Waals surface area contributed by atoms with Crippen LogP contribution in [0, 0.1) is 19.8 Å². The number of nitrogens with zero attached hydrogens (tertiary/aromatic N) is 4. The summed E-state index contributed by atoms with van der Waals surface area (Å²) in [4.78, 5) is 12.3. The highest BCUT2D eigenvalue weighted by Crippen LogP contribution is 2.28. The number of alkyl halides is 3. The van der Waals surface area contributed by atoms with Crippen LogP contribution in [0.15, 0.2) is 12.3 Å². The third-order valence-electron chi connectivity index (χ3n) is 3.83. The minimum atomic E-state index is -4.49. The molecular formula is C15H20F3N5O. The molecule has 1 unspecified atom stereocenters. The van der Waals surface area contributed by atoms with Crippen LogP contribution in [0.5, 0.6) is 0 Å². The number of nitrogens with one attached hydrogen (secondary N) is 1. The Morgan fingerprint density at radius 3 is 2.50 bits per heavy atom. The zero-order chi connectivity index (χ0) is 18.1. The summed E-state index contributed by atoms with van der Waals surface area (Å²) >= 11 is 0. The maximum atomic E-state index is 12.7. The molecule has 0 fully saturated rings. The van der Waals surface area contributed by atoms with E-state index in [1.807, 2.05) is 13.8 Å². The lowest BCUT2D eigenvalue weighted by atomic mass is 10.1. The maximum Gasteiger partial charge on any atom is 0.435 e. The van der Waals surface area contributed by atoms with Crippen molar-refractivity contribution >= 4 is 11.6 Å². The van der Waals surface area contributed by atoms with E-state index in [1.54, 1.807) is 17.8 Å². The van der Waals surface area contributed by atoms with Crippen LogP contribution in [-0.2, 0) is 24.1 Å². The number of rotatable bonds is 5. The van der Waals surface area contributed by atoms with Gasteiger partial charge in [0.1, 0.15) is 0 Å². The summed E-state index contributed by atoms with van der Waals surface area (Å²) in [6.45, 7) is 7.70. The SMILES string of the molecule is CCn1ncc(NC(=O)C(C)Cn2nc(C(F)(F)F)cc2C)c1C. The van der Waals surface area contributed by atoms with E-state index in [-0.39, 0.29) is 12.5 Å². The molecule has 2 aromatic heterocycles. The Labute approximate surface area is 137 Å². The second kappa shape index (κ2) is 6.66. The van der Waals surface area contributed by atoms with Crippen LogP contribution in [0.1, 0.15) is 30.9 Å². The van der Waals surface area contributed by atoms with Crippen molar-refractivity contribution in [2.45, 2.75) is 47.0 Å². The smallest absolute Gasteiger partial charge is 0.323 e. The first-order valence-corrected chi connectivity index (χ1v) is 7.58. The summed E-state index contributed by atoms with van der Waals surface area (Å²) in [6, 6.07) is 0.972. The first-order chi connectivity index (χ1) is 11.1. The van der Waals surface area contributed by atoms with Gasteiger partial charge in [0.25, 0.3) is 0 Å². The third kappa shape index (κ3) is 3.77. The fraction of sp³-hybridized carbons (Fsp3) is 0.533. The second-order valence-corrected chi connectivity index (χ2v) is 5.70. The molecule has 0 aliphatic carbocycles. The van der Waals surface area contributed by atoms with Gasteiger partial charge in [-0.3, -0.25) is 14.2 Å². The standard InChI is InChI=1S/C15H20F3N5O/c1-5-22-11(4)12(7-19-22)20-14(24)9(2)8-23-10(3)6-13(21-23)15(16,17)18/h6-7,9H,5,8H2,1-4H3,(H,20,24). The molecule has 0 aliphatic heterocycles. The number of amides is 1. The second-order valence-electron chi connectivity index (χ2n) is 5.70. The first kappa shape index (κ1) is 18.0. The molecular weight excluding hydrogens is 323 g/mol. The van der Waals surface area contributed by atoms with Crippen molar-refractivity contribution < 1.29 is 18.0 Å². The average Bonchev–Trinajstić information content (AvgIpc) is 3.03. The van der Waals surface area contributed by atoms with Crippen molar-refractivity contribution in [2.24, 2.45) is 5.92 Å². The van der Waals surface area contributed by atoms with Crippen molar-refractivity contribution in [2.75, 3.05) is 5.32 Å². The molecule has 0 radical (unpaired) electrons. The van der Waals surface area contributed by atoms with E-state index in [1.165, 1.54) is 11.6 Å². The molecule has 2 aromatic rings. The molecule has 0 aliphatic rings. The molecule has 0 saturated heterocycles. The van der Waals surface area contributed by atoms with Gasteiger partial charge < -0.3 is 5.32 Å². The van der Waals surface area contributed by atoms with Gasteiger partial charge >= 0.3 is 6.18 Å². The summed E-state index contributed by atoms with van der Waals surface area (Å²) in [7, 11) is 0. The highest BCUT2D eigenvalue weighted by atomic mass is 19.4. The fourth-order valence-electron chi connectivity index (χ4n) is 2.32. The summed E-state index contributed by atoms with van der Waals surface area (Å²) in [5.74, 6) is -0.841. The van der Waals surface area contributed by atoms with Gasteiger partial charge in [0.2, 0.25) is 5.91 Å². The fourth-order valence-corrected chi connectivity index (χ4v) is 2.32. The van der Waals surface area contributed by atoms with Gasteiger partial charge in [0, 0.05) is 12.2 Å². The minimum absolute atomic E-state index is 0.0642. The van der Waals surface area contributed by atoms with Gasteiger partial charge in [0.05, 0.1) is 30.0 Å². The van der Waals surface area contributed by atoms with E-state index in [9.17, 15) is 18.0 Å². The van der Waals surface area contributed by atoms with Crippen LogP contribution in [0.4, 0.5) is 18.9 Å². The minimum Gasteiger partial charge on any atom is -0.323 e. The van der Waals surface area contributed by atoms with Gasteiger partial charge in [-0.2, -0.15) is 23.4 Å². The topological polar surface area (TPSA) is 64.7 Å². The summed E-state index contributed by atoms with van der Waals surface area (Å²) < 4.78 is 41.0. The Morgan fingerprint density at radius 2 is 2.00 bits per heavy atom. The van der Waals surface area contributed by atoms with E-state index in [0.29, 0.717) is 17.9 Å². The molecule has 132 valence electrons. The van der Waals surface area contributed by atoms with Gasteiger partial charge in [0.15, 0.2) is 5.69 Å². The van der Waals surface area contributed by atoms with Crippen LogP contribution < -0.4 is 5.32 Å². The van der Waals surface area contributed by atoms with Crippen molar-refractivity contribution in [3.8, 4) is 0 Å². The van der Waals surface area contributed by atoms with Gasteiger partial charge in [-0.05, 0) is 26.8 Å². The molecule has 2 heterocycles. The van der Waals surface area contributed by atoms with Gasteiger partial charge in [-0.25, -0.2) is 0 Å². The number of halogens is 3. The predicted molar refractivity (Wildman–Crippen MR) is 82.4 cm³/mol. The molecule has 2 rings (SSSR count). The summed E-state index contributed by atoms with van der Waals surface area (Å²) in [5, 5.41) is 10.4. The van der Waals surface area contributed by atoms with Crippen molar-refractivity contribution in [1.29, 1.82) is 0 Å². The Morgan fingerprint density at radius 1 is 1.33 bits per heavy atom. The molecule has 0 spiro atoms. The van der Waals surface area contributed by atoms with Crippen LogP contribution in [0.25, 0.3) is 0 Å². The lowest BCUT2D eigenvalue weighted by Gasteiger charge is -2.13. The third-order valence-corrected chi connectivity index (χ3v) is 3.83. The highest BCUT2D eigenvalue weighted by Gasteiger charge is 2.34. The Kier molecular flexibility index (Phi) is 5.00. The molecule has 9 heteroatoms. The quantitative estimate of drug-likeness (QED) is 0.908. The molecule has 0 bridgehead atoms. The monoisotopic (exact) mass is 343 g/mol. The molecule has 6 nitrogen and oxygen atoms in total. The van der Waals surface area contributed by atoms with Crippen molar-refractivity contribution in [3.05, 3.63) is 29.3 Å². The Balaban J connectivity index is 2.06. The molecule has 24 heavy (non-hydrogen) atoms. The van der Waals surface area contributed by atoms with Crippen LogP contribution in [0.3, 0.4) is 0 Å². The number of hydrogen-bond donors (Lipinski definition) is 1. The largest absolute Gasteiger partial charge is 0.435 e. The summed E-state index contributed by atoms with van der Waals surface area (Å²) in [6.07, 6.45) is -2.93. The van der Waals surface area contributed by atoms with E-state index >= 15 is 0 Å². The van der Waals surface area contributed by atoms with Gasteiger partial charge in [-0.15, -0.1) is 0 Å². The average molecular weight is 343 g/mol. The molecule has 1 atom stereocenters. The molecule has 1 N–H and O–H groups in total. The normalized spacial score (nSPS) is 13.1. The Hall–Kier alpha value is -2.32. The highest BCUT2D eigenvalue weighted by molar-refractivity contribution is 5.92. The summed E-state index contributed by atoms with van der Waals surface area (Å²) in [5.41, 5.74) is 0.833. The van der Waals surface area contributed by atoms with E-state index in [4.69, 9.17) is 0 Å². The number of aryl methyl sites for hydroxylation is 2. The first-order valence-electron chi connectivity index (χ1n) is 7.58. The molecule has 1 amide bonds. The maximum absolute atomic E-state index is 12.7. The van der Waals surface area contributed by atoms with Crippen molar-refractivity contribution in [3.63, 3.8) is 0 Å². The Bertz CT molecular complexity index is 732. The van der Waals surface area contributed by atoms with Crippen LogP contribution in [0.2, 0.25) is 0 Å².